The van der Waals surface area contributed by atoms with E-state index in [-0.39, 0.29) is 5.82 Å². The van der Waals surface area contributed by atoms with Crippen molar-refractivity contribution in [2.45, 2.75) is 32.4 Å². The van der Waals surface area contributed by atoms with Crippen molar-refractivity contribution in [2.75, 3.05) is 6.61 Å². The molecule has 2 heterocycles. The van der Waals surface area contributed by atoms with Crippen LogP contribution in [0.25, 0.3) is 11.0 Å². The van der Waals surface area contributed by atoms with Crippen LogP contribution < -0.4 is 0 Å². The van der Waals surface area contributed by atoms with Gasteiger partial charge in [0.25, 0.3) is 0 Å². The van der Waals surface area contributed by atoms with Crippen LogP contribution in [0.4, 0.5) is 4.39 Å². The molecule has 0 spiro atoms. The van der Waals surface area contributed by atoms with Crippen molar-refractivity contribution in [3.8, 4) is 0 Å². The maximum absolute atomic E-state index is 13.7. The van der Waals surface area contributed by atoms with E-state index in [2.05, 4.69) is 47.2 Å². The summed E-state index contributed by atoms with van der Waals surface area (Å²) in [6, 6.07) is 2.52. The minimum absolute atomic E-state index is 0.227. The van der Waals surface area contributed by atoms with Crippen molar-refractivity contribution in [1.29, 1.82) is 0 Å². The Hall–Kier alpha value is -0.473. The number of pyridine rings is 1. The van der Waals surface area contributed by atoms with Gasteiger partial charge in [0.1, 0.15) is 18.2 Å². The number of ether oxygens (including phenoxy) is 1. The molecule has 19 heavy (non-hydrogen) atoms. The van der Waals surface area contributed by atoms with E-state index in [9.17, 15) is 4.39 Å². The molecule has 0 amide bonds. The molecule has 0 atom stereocenters. The monoisotopic (exact) mass is 392 g/mol. The first kappa shape index (κ1) is 14.9. The van der Waals surface area contributed by atoms with Crippen LogP contribution >= 0.6 is 22.6 Å². The SMILES string of the molecule is C[Si](C)(C)CCOCn1cc(I)c2c(F)ccnc21. The summed E-state index contributed by atoms with van der Waals surface area (Å²) in [4.78, 5) is 4.24. The Bertz CT molecular complexity index is 580. The number of nitrogens with zero attached hydrogens (tertiary/aromatic N) is 2. The average molecular weight is 392 g/mol. The zero-order valence-corrected chi connectivity index (χ0v) is 14.6. The van der Waals surface area contributed by atoms with Gasteiger partial charge in [-0.05, 0) is 34.7 Å². The summed E-state index contributed by atoms with van der Waals surface area (Å²) in [5, 5.41) is 0.580. The Kier molecular flexibility index (Phi) is 4.62. The minimum atomic E-state index is -1.06. The third kappa shape index (κ3) is 3.76. The Balaban J connectivity index is 2.08. The molecule has 0 aliphatic carbocycles. The Labute approximate surface area is 127 Å². The highest BCUT2D eigenvalue weighted by atomic mass is 127. The van der Waals surface area contributed by atoms with Crippen LogP contribution in [0.15, 0.2) is 18.5 Å². The number of hydrogen-bond acceptors (Lipinski definition) is 2. The summed E-state index contributed by atoms with van der Waals surface area (Å²) < 4.78 is 22.1. The van der Waals surface area contributed by atoms with Gasteiger partial charge < -0.3 is 9.30 Å². The fourth-order valence-electron chi connectivity index (χ4n) is 1.77. The number of aromatic nitrogens is 2. The van der Waals surface area contributed by atoms with Crippen LogP contribution in [0.2, 0.25) is 25.7 Å². The first-order valence-corrected chi connectivity index (χ1v) is 11.0. The van der Waals surface area contributed by atoms with Crippen molar-refractivity contribution in [1.82, 2.24) is 9.55 Å². The van der Waals surface area contributed by atoms with Crippen LogP contribution in [0.1, 0.15) is 0 Å². The highest BCUT2D eigenvalue weighted by Crippen LogP contribution is 2.24. The number of hydrogen-bond donors (Lipinski definition) is 0. The second-order valence-electron chi connectivity index (χ2n) is 5.79. The second-order valence-corrected chi connectivity index (χ2v) is 12.6. The van der Waals surface area contributed by atoms with Crippen molar-refractivity contribution >= 4 is 41.7 Å². The third-order valence-electron chi connectivity index (χ3n) is 2.89. The van der Waals surface area contributed by atoms with Crippen molar-refractivity contribution in [2.24, 2.45) is 0 Å². The smallest absolute Gasteiger partial charge is 0.145 e. The van der Waals surface area contributed by atoms with E-state index in [4.69, 9.17) is 4.74 Å². The van der Waals surface area contributed by atoms with Gasteiger partial charge in [0.15, 0.2) is 0 Å². The van der Waals surface area contributed by atoms with Crippen LogP contribution in [-0.4, -0.2) is 24.2 Å². The van der Waals surface area contributed by atoms with Gasteiger partial charge in [0.05, 0.1) is 5.39 Å². The molecule has 0 radical (unpaired) electrons. The Morgan fingerprint density at radius 1 is 1.42 bits per heavy atom. The predicted octanol–water partition coefficient (Wildman–Crippen LogP) is 4.09. The molecule has 0 unspecified atom stereocenters. The normalized spacial score (nSPS) is 12.3. The fraction of sp³-hybridized carbons (Fsp3) is 0.462. The molecular formula is C13H18FIN2OSi. The summed E-state index contributed by atoms with van der Waals surface area (Å²) in [5.74, 6) is -0.227. The minimum Gasteiger partial charge on any atom is -0.361 e. The molecule has 2 rings (SSSR count). The van der Waals surface area contributed by atoms with Crippen LogP contribution in [-0.2, 0) is 11.5 Å². The molecule has 0 saturated heterocycles. The van der Waals surface area contributed by atoms with Crippen LogP contribution in [0.5, 0.6) is 0 Å². The van der Waals surface area contributed by atoms with Crippen LogP contribution in [0.3, 0.4) is 0 Å². The van der Waals surface area contributed by atoms with E-state index >= 15 is 0 Å². The Morgan fingerprint density at radius 3 is 2.84 bits per heavy atom. The number of rotatable bonds is 5. The van der Waals surface area contributed by atoms with Crippen LogP contribution in [0, 0.1) is 9.39 Å². The molecular weight excluding hydrogens is 374 g/mol. The molecule has 3 nitrogen and oxygen atoms in total. The largest absolute Gasteiger partial charge is 0.361 e. The van der Waals surface area contributed by atoms with Gasteiger partial charge in [-0.15, -0.1) is 0 Å². The zero-order valence-electron chi connectivity index (χ0n) is 11.4. The molecule has 6 heteroatoms. The molecule has 0 N–H and O–H groups in total. The summed E-state index contributed by atoms with van der Waals surface area (Å²) in [6.45, 7) is 8.14. The standard InChI is InChI=1S/C13H18FIN2OSi/c1-19(2,3)7-6-18-9-17-8-11(15)12-10(14)4-5-16-13(12)17/h4-5,8H,6-7,9H2,1-3H3. The zero-order chi connectivity index (χ0) is 14.0. The topological polar surface area (TPSA) is 27.1 Å². The lowest BCUT2D eigenvalue weighted by Crippen LogP contribution is -2.22. The van der Waals surface area contributed by atoms with Gasteiger partial charge in [0, 0.05) is 30.6 Å². The fourth-order valence-corrected chi connectivity index (χ4v) is 3.36. The summed E-state index contributed by atoms with van der Waals surface area (Å²) in [5.41, 5.74) is 0.650. The molecule has 104 valence electrons. The molecule has 0 aliphatic rings. The number of fused-ring (bicyclic) bond motifs is 1. The van der Waals surface area contributed by atoms with Gasteiger partial charge in [-0.1, -0.05) is 19.6 Å². The Morgan fingerprint density at radius 2 is 2.16 bits per heavy atom. The first-order chi connectivity index (χ1) is 8.88. The number of halogens is 2. The maximum Gasteiger partial charge on any atom is 0.145 e. The average Bonchev–Trinajstić information content (AvgIpc) is 2.62. The molecule has 2 aromatic rings. The van der Waals surface area contributed by atoms with Gasteiger partial charge in [0.2, 0.25) is 0 Å². The third-order valence-corrected chi connectivity index (χ3v) is 5.41. The van der Waals surface area contributed by atoms with E-state index in [0.29, 0.717) is 17.8 Å². The highest BCUT2D eigenvalue weighted by Gasteiger charge is 2.14. The van der Waals surface area contributed by atoms with E-state index in [1.165, 1.54) is 12.3 Å². The lowest BCUT2D eigenvalue weighted by molar-refractivity contribution is 0.0898. The lowest BCUT2D eigenvalue weighted by Gasteiger charge is -2.15. The highest BCUT2D eigenvalue weighted by molar-refractivity contribution is 14.1. The molecule has 2 aromatic heterocycles. The molecule has 0 saturated carbocycles. The van der Waals surface area contributed by atoms with Gasteiger partial charge >= 0.3 is 0 Å². The quantitative estimate of drug-likeness (QED) is 0.435. The summed E-state index contributed by atoms with van der Waals surface area (Å²) in [6.07, 6.45) is 3.38. The van der Waals surface area contributed by atoms with E-state index in [1.807, 2.05) is 10.8 Å². The molecule has 0 bridgehead atoms. The van der Waals surface area contributed by atoms with Gasteiger partial charge in [-0.25, -0.2) is 9.37 Å². The van der Waals surface area contributed by atoms with E-state index < -0.39 is 8.07 Å². The van der Waals surface area contributed by atoms with Crippen molar-refractivity contribution in [3.05, 3.63) is 27.8 Å². The summed E-state index contributed by atoms with van der Waals surface area (Å²) in [7, 11) is -1.06. The lowest BCUT2D eigenvalue weighted by atomic mass is 10.3. The van der Waals surface area contributed by atoms with Crippen molar-refractivity contribution < 1.29 is 9.13 Å². The maximum atomic E-state index is 13.7. The van der Waals surface area contributed by atoms with Gasteiger partial charge in [-0.2, -0.15) is 0 Å². The van der Waals surface area contributed by atoms with Crippen molar-refractivity contribution in [3.63, 3.8) is 0 Å². The second kappa shape index (κ2) is 5.88. The molecule has 0 aliphatic heterocycles. The molecule has 0 fully saturated rings. The molecule has 0 aromatic carbocycles. The summed E-state index contributed by atoms with van der Waals surface area (Å²) >= 11 is 2.13. The first-order valence-electron chi connectivity index (χ1n) is 6.25. The van der Waals surface area contributed by atoms with Gasteiger partial charge in [-0.3, -0.25) is 0 Å². The van der Waals surface area contributed by atoms with E-state index in [0.717, 1.165) is 16.2 Å². The predicted molar refractivity (Wildman–Crippen MR) is 86.5 cm³/mol. The van der Waals surface area contributed by atoms with E-state index in [1.54, 1.807) is 0 Å².